The zero-order valence-corrected chi connectivity index (χ0v) is 14.8. The minimum Gasteiger partial charge on any atom is -0.462 e. The number of carbonyl (C=O) groups is 2. The number of nitro benzene ring substituents is 1. The lowest BCUT2D eigenvalue weighted by Crippen LogP contribution is -2.12. The van der Waals surface area contributed by atoms with Crippen LogP contribution in [0.25, 0.3) is 10.9 Å². The molecule has 142 valence electrons. The number of nitrogen functional groups attached to an aromatic ring is 1. The van der Waals surface area contributed by atoms with Gasteiger partial charge in [0.2, 0.25) is 0 Å². The largest absolute Gasteiger partial charge is 0.462 e. The number of nitro groups is 1. The first-order valence-electron chi connectivity index (χ1n) is 8.32. The van der Waals surface area contributed by atoms with Gasteiger partial charge >= 0.3 is 5.97 Å². The van der Waals surface area contributed by atoms with E-state index >= 15 is 0 Å². The predicted octanol–water partition coefficient (Wildman–Crippen LogP) is 3.15. The van der Waals surface area contributed by atoms with Crippen LogP contribution in [0.4, 0.5) is 17.1 Å². The number of hydrogen-bond donors (Lipinski definition) is 2. The second kappa shape index (κ2) is 7.70. The molecule has 3 N–H and O–H groups in total. The molecule has 3 rings (SSSR count). The van der Waals surface area contributed by atoms with Crippen molar-refractivity contribution in [3.8, 4) is 0 Å². The summed E-state index contributed by atoms with van der Waals surface area (Å²) in [5, 5.41) is 13.9. The van der Waals surface area contributed by atoms with Crippen LogP contribution >= 0.6 is 0 Å². The maximum atomic E-state index is 12.4. The second-order valence-corrected chi connectivity index (χ2v) is 5.80. The maximum Gasteiger partial charge on any atom is 0.341 e. The summed E-state index contributed by atoms with van der Waals surface area (Å²) in [4.78, 5) is 38.7. The van der Waals surface area contributed by atoms with E-state index in [1.807, 2.05) is 0 Å². The number of ether oxygens (including phenoxy) is 1. The molecule has 28 heavy (non-hydrogen) atoms. The molecule has 0 saturated heterocycles. The molecule has 0 atom stereocenters. The van der Waals surface area contributed by atoms with E-state index in [2.05, 4.69) is 10.3 Å². The van der Waals surface area contributed by atoms with E-state index in [9.17, 15) is 19.7 Å². The van der Waals surface area contributed by atoms with Crippen LogP contribution in [-0.4, -0.2) is 28.4 Å². The number of carbonyl (C=O) groups excluding carboxylic acids is 2. The summed E-state index contributed by atoms with van der Waals surface area (Å²) in [6.07, 6.45) is 1.35. The van der Waals surface area contributed by atoms with Gasteiger partial charge in [-0.2, -0.15) is 0 Å². The van der Waals surface area contributed by atoms with E-state index in [1.54, 1.807) is 25.1 Å². The van der Waals surface area contributed by atoms with Gasteiger partial charge in [0, 0.05) is 35.0 Å². The van der Waals surface area contributed by atoms with Gasteiger partial charge in [0.15, 0.2) is 0 Å². The van der Waals surface area contributed by atoms with Crippen molar-refractivity contribution in [2.24, 2.45) is 0 Å². The number of non-ortho nitro benzene ring substituents is 1. The van der Waals surface area contributed by atoms with Crippen molar-refractivity contribution < 1.29 is 19.2 Å². The van der Waals surface area contributed by atoms with Crippen LogP contribution in [0.5, 0.6) is 0 Å². The highest BCUT2D eigenvalue weighted by atomic mass is 16.6. The van der Waals surface area contributed by atoms with Gasteiger partial charge in [-0.25, -0.2) is 4.79 Å². The van der Waals surface area contributed by atoms with Gasteiger partial charge in [-0.15, -0.1) is 0 Å². The molecular weight excluding hydrogens is 364 g/mol. The normalized spacial score (nSPS) is 10.5. The van der Waals surface area contributed by atoms with Gasteiger partial charge in [-0.05, 0) is 37.3 Å². The Hall–Kier alpha value is -4.01. The third-order valence-electron chi connectivity index (χ3n) is 4.00. The van der Waals surface area contributed by atoms with Crippen molar-refractivity contribution in [2.45, 2.75) is 6.92 Å². The number of anilines is 2. The van der Waals surface area contributed by atoms with E-state index in [-0.39, 0.29) is 29.1 Å². The van der Waals surface area contributed by atoms with Crippen molar-refractivity contribution in [1.29, 1.82) is 0 Å². The Bertz CT molecular complexity index is 1080. The molecule has 9 nitrogen and oxygen atoms in total. The SMILES string of the molecule is CCOC(=O)c1cnc2ccc(NC(=O)c3ccc([N+](=O)[O-])cc3)cc2c1N. The topological polar surface area (TPSA) is 137 Å². The van der Waals surface area contributed by atoms with Crippen LogP contribution in [-0.2, 0) is 4.74 Å². The Labute approximate surface area is 159 Å². The molecule has 0 bridgehead atoms. The fraction of sp³-hybridized carbons (Fsp3) is 0.105. The van der Waals surface area contributed by atoms with Gasteiger partial charge < -0.3 is 15.8 Å². The van der Waals surface area contributed by atoms with Gasteiger partial charge in [-0.3, -0.25) is 19.9 Å². The number of pyridine rings is 1. The first-order chi connectivity index (χ1) is 13.4. The van der Waals surface area contributed by atoms with Crippen molar-refractivity contribution in [2.75, 3.05) is 17.7 Å². The Kier molecular flexibility index (Phi) is 5.16. The highest BCUT2D eigenvalue weighted by Gasteiger charge is 2.15. The van der Waals surface area contributed by atoms with E-state index in [0.717, 1.165) is 0 Å². The highest BCUT2D eigenvalue weighted by molar-refractivity contribution is 6.08. The average molecular weight is 380 g/mol. The minimum atomic E-state index is -0.574. The minimum absolute atomic E-state index is 0.104. The standard InChI is InChI=1S/C19H16N4O5/c1-2-28-19(25)15-10-21-16-8-5-12(9-14(16)17(15)20)22-18(24)11-3-6-13(7-4-11)23(26)27/h3-10H,2H2,1H3,(H2,20,21)(H,22,24). The number of nitrogens with two attached hydrogens (primary N) is 1. The van der Waals surface area contributed by atoms with Gasteiger partial charge in [0.1, 0.15) is 5.56 Å². The molecule has 1 heterocycles. The average Bonchev–Trinajstić information content (AvgIpc) is 2.69. The summed E-state index contributed by atoms with van der Waals surface area (Å²) in [5.74, 6) is -1.02. The first-order valence-corrected chi connectivity index (χ1v) is 8.32. The van der Waals surface area contributed by atoms with Crippen molar-refractivity contribution in [3.05, 3.63) is 69.9 Å². The first kappa shape index (κ1) is 18.8. The van der Waals surface area contributed by atoms with Crippen molar-refractivity contribution in [1.82, 2.24) is 4.98 Å². The third kappa shape index (κ3) is 3.73. The number of nitrogens with zero attached hydrogens (tertiary/aromatic N) is 2. The summed E-state index contributed by atoms with van der Waals surface area (Å²) in [6, 6.07) is 10.1. The Balaban J connectivity index is 1.88. The number of nitrogens with one attached hydrogen (secondary N) is 1. The molecule has 0 unspecified atom stereocenters. The predicted molar refractivity (Wildman–Crippen MR) is 103 cm³/mol. The highest BCUT2D eigenvalue weighted by Crippen LogP contribution is 2.27. The molecule has 1 amide bonds. The zero-order valence-electron chi connectivity index (χ0n) is 14.8. The lowest BCUT2D eigenvalue weighted by atomic mass is 10.1. The molecular formula is C19H16N4O5. The Morgan fingerprint density at radius 3 is 2.57 bits per heavy atom. The van der Waals surface area contributed by atoms with E-state index in [1.165, 1.54) is 30.5 Å². The third-order valence-corrected chi connectivity index (χ3v) is 4.00. The van der Waals surface area contributed by atoms with Crippen LogP contribution in [0.1, 0.15) is 27.6 Å². The smallest absolute Gasteiger partial charge is 0.341 e. The van der Waals surface area contributed by atoms with Crippen LogP contribution in [0.15, 0.2) is 48.7 Å². The number of benzene rings is 2. The molecule has 3 aromatic rings. The monoisotopic (exact) mass is 380 g/mol. The van der Waals surface area contributed by atoms with Crippen molar-refractivity contribution in [3.63, 3.8) is 0 Å². The molecule has 0 aliphatic heterocycles. The lowest BCUT2D eigenvalue weighted by molar-refractivity contribution is -0.384. The molecule has 0 saturated carbocycles. The van der Waals surface area contributed by atoms with E-state index < -0.39 is 16.8 Å². The fourth-order valence-electron chi connectivity index (χ4n) is 2.60. The molecule has 1 aromatic heterocycles. The number of esters is 1. The van der Waals surface area contributed by atoms with Crippen LogP contribution in [0, 0.1) is 10.1 Å². The Morgan fingerprint density at radius 2 is 1.93 bits per heavy atom. The number of rotatable bonds is 5. The van der Waals surface area contributed by atoms with Gasteiger partial charge in [0.05, 0.1) is 22.7 Å². The van der Waals surface area contributed by atoms with Crippen LogP contribution in [0.2, 0.25) is 0 Å². The quantitative estimate of drug-likeness (QED) is 0.394. The van der Waals surface area contributed by atoms with E-state index in [0.29, 0.717) is 16.6 Å². The summed E-state index contributed by atoms with van der Waals surface area (Å²) in [7, 11) is 0. The number of fused-ring (bicyclic) bond motifs is 1. The summed E-state index contributed by atoms with van der Waals surface area (Å²) >= 11 is 0. The molecule has 0 radical (unpaired) electrons. The molecule has 0 aliphatic carbocycles. The Morgan fingerprint density at radius 1 is 1.21 bits per heavy atom. The molecule has 0 spiro atoms. The summed E-state index contributed by atoms with van der Waals surface area (Å²) in [6.45, 7) is 1.90. The number of aromatic nitrogens is 1. The van der Waals surface area contributed by atoms with E-state index in [4.69, 9.17) is 10.5 Å². The fourth-order valence-corrected chi connectivity index (χ4v) is 2.60. The molecule has 2 aromatic carbocycles. The van der Waals surface area contributed by atoms with Gasteiger partial charge in [0.25, 0.3) is 11.6 Å². The molecule has 0 aliphatic rings. The number of hydrogen-bond acceptors (Lipinski definition) is 7. The summed E-state index contributed by atoms with van der Waals surface area (Å²) in [5.41, 5.74) is 7.59. The van der Waals surface area contributed by atoms with Crippen molar-refractivity contribution >= 4 is 39.8 Å². The maximum absolute atomic E-state index is 12.4. The molecule has 0 fully saturated rings. The zero-order chi connectivity index (χ0) is 20.3. The van der Waals surface area contributed by atoms with Crippen LogP contribution < -0.4 is 11.1 Å². The van der Waals surface area contributed by atoms with Gasteiger partial charge in [-0.1, -0.05) is 0 Å². The van der Waals surface area contributed by atoms with Crippen LogP contribution in [0.3, 0.4) is 0 Å². The molecule has 9 heteroatoms. The summed E-state index contributed by atoms with van der Waals surface area (Å²) < 4.78 is 4.96. The number of amides is 1. The second-order valence-electron chi connectivity index (χ2n) is 5.80. The lowest BCUT2D eigenvalue weighted by Gasteiger charge is -2.10.